The number of nitrogens with one attached hydrogen (secondary N) is 4. The van der Waals surface area contributed by atoms with Crippen molar-refractivity contribution in [3.63, 3.8) is 0 Å². The average Bonchev–Trinajstić information content (AvgIpc) is 3.06. The van der Waals surface area contributed by atoms with Crippen molar-refractivity contribution in [3.8, 4) is 0 Å². The summed E-state index contributed by atoms with van der Waals surface area (Å²) >= 11 is 0. The number of anilines is 6. The van der Waals surface area contributed by atoms with Gasteiger partial charge in [-0.3, -0.25) is 9.44 Å². The van der Waals surface area contributed by atoms with E-state index in [0.29, 0.717) is 28.8 Å². The fraction of sp³-hybridized carbons (Fsp3) is 0.273. The summed E-state index contributed by atoms with van der Waals surface area (Å²) in [4.78, 5) is 4.67. The molecule has 2 aliphatic heterocycles. The van der Waals surface area contributed by atoms with Crippen LogP contribution in [0.2, 0.25) is 0 Å². The molecule has 0 aromatic heterocycles. The van der Waals surface area contributed by atoms with Crippen molar-refractivity contribution in [2.75, 3.05) is 76.5 Å². The molecule has 0 aliphatic carbocycles. The van der Waals surface area contributed by atoms with Crippen LogP contribution in [0.25, 0.3) is 0 Å². The summed E-state index contributed by atoms with van der Waals surface area (Å²) in [5.74, 6) is 0. The third kappa shape index (κ3) is 11.2. The van der Waals surface area contributed by atoms with Crippen LogP contribution in [0.5, 0.6) is 0 Å². The summed E-state index contributed by atoms with van der Waals surface area (Å²) in [6, 6.07) is 27.8. The van der Waals surface area contributed by atoms with Crippen LogP contribution >= 0.6 is 37.2 Å². The van der Waals surface area contributed by atoms with Crippen molar-refractivity contribution < 1.29 is 16.8 Å². The molecular weight excluding hydrogens is 743 g/mol. The molecule has 4 aromatic rings. The fourth-order valence-corrected chi connectivity index (χ4v) is 7.66. The molecule has 0 bridgehead atoms. The van der Waals surface area contributed by atoms with Crippen molar-refractivity contribution in [1.82, 2.24) is 10.6 Å². The normalized spacial score (nSPS) is 15.9. The van der Waals surface area contributed by atoms with Crippen LogP contribution in [0.4, 0.5) is 34.1 Å². The number of hydrogen-bond donors (Lipinski definition) is 6. The van der Waals surface area contributed by atoms with Gasteiger partial charge in [0.15, 0.2) is 0 Å². The lowest BCUT2D eigenvalue weighted by molar-refractivity contribution is 0.485. The zero-order valence-corrected chi connectivity index (χ0v) is 31.6. The largest absolute Gasteiger partial charge is 0.397 e. The topological polar surface area (TPSA) is 175 Å². The zero-order valence-electron chi connectivity index (χ0n) is 27.5. The van der Waals surface area contributed by atoms with E-state index in [0.717, 1.165) is 57.2 Å². The summed E-state index contributed by atoms with van der Waals surface area (Å²) in [6.45, 7) is 8.21. The molecule has 0 radical (unpaired) electrons. The Morgan fingerprint density at radius 1 is 0.620 bits per heavy atom. The van der Waals surface area contributed by atoms with E-state index in [-0.39, 0.29) is 47.0 Å². The predicted octanol–water partition coefficient (Wildman–Crippen LogP) is 4.61. The number of hydrogen-bond acceptors (Lipinski definition) is 10. The Labute approximate surface area is 313 Å². The van der Waals surface area contributed by atoms with Crippen LogP contribution < -0.4 is 41.3 Å². The molecule has 1 unspecified atom stereocenters. The fourth-order valence-electron chi connectivity index (χ4n) is 5.47. The minimum atomic E-state index is -3.65. The van der Waals surface area contributed by atoms with E-state index in [2.05, 4.69) is 36.8 Å². The number of piperazine rings is 2. The van der Waals surface area contributed by atoms with Gasteiger partial charge in [-0.2, -0.15) is 0 Å². The first-order valence-corrected chi connectivity index (χ1v) is 18.4. The van der Waals surface area contributed by atoms with E-state index in [1.807, 2.05) is 12.1 Å². The highest BCUT2D eigenvalue weighted by Gasteiger charge is 2.21. The molecule has 6 rings (SSSR count). The van der Waals surface area contributed by atoms with Crippen molar-refractivity contribution in [2.45, 2.75) is 22.8 Å². The number of benzene rings is 4. The van der Waals surface area contributed by atoms with Gasteiger partial charge in [-0.15, -0.1) is 37.2 Å². The lowest BCUT2D eigenvalue weighted by atomic mass is 10.2. The molecule has 274 valence electrons. The van der Waals surface area contributed by atoms with Crippen molar-refractivity contribution in [3.05, 3.63) is 97.1 Å². The molecule has 1 atom stereocenters. The van der Waals surface area contributed by atoms with E-state index >= 15 is 0 Å². The summed E-state index contributed by atoms with van der Waals surface area (Å²) in [5.41, 5.74) is 16.0. The van der Waals surface area contributed by atoms with E-state index < -0.39 is 20.0 Å². The average molecular weight is 788 g/mol. The van der Waals surface area contributed by atoms with Crippen LogP contribution in [0.3, 0.4) is 0 Å². The first-order chi connectivity index (χ1) is 22.5. The summed E-state index contributed by atoms with van der Waals surface area (Å²) in [7, 11) is -7.30. The highest BCUT2D eigenvalue weighted by atomic mass is 35.5. The Bertz CT molecular complexity index is 1870. The molecule has 17 heteroatoms. The maximum Gasteiger partial charge on any atom is 0.261 e. The van der Waals surface area contributed by atoms with Gasteiger partial charge in [0.05, 0.1) is 32.5 Å². The number of rotatable bonds is 8. The molecular formula is C33H45Cl3N8O4S2. The second kappa shape index (κ2) is 19.1. The predicted molar refractivity (Wildman–Crippen MR) is 213 cm³/mol. The Morgan fingerprint density at radius 3 is 1.46 bits per heavy atom. The lowest BCUT2D eigenvalue weighted by Crippen LogP contribution is -2.49. The van der Waals surface area contributed by atoms with Crippen molar-refractivity contribution >= 4 is 91.4 Å². The third-order valence-electron chi connectivity index (χ3n) is 7.84. The van der Waals surface area contributed by atoms with Gasteiger partial charge in [-0.25, -0.2) is 16.8 Å². The van der Waals surface area contributed by atoms with Crippen molar-refractivity contribution in [2.24, 2.45) is 0 Å². The number of nitrogens with two attached hydrogens (primary N) is 2. The van der Waals surface area contributed by atoms with Crippen LogP contribution in [0, 0.1) is 0 Å². The standard InChI is InChI=1S/C17H22N4O2S.C16H20N4O2S.3ClH/c1-13-12-21(10-9-19-13)17-8-7-15(11-16(17)18)24(22,23)20-14-5-3-2-4-6-14;17-15-12-14(6-7-16(15)20-10-8-18-9-11-20)23(21,22)19-13-4-2-1-3-5-13;;;/h2-8,11,13,19-20H,9-10,12,18H2,1H3;1-7,12,18-19H,8-11,17H2;3*1H. The summed E-state index contributed by atoms with van der Waals surface area (Å²) in [6.07, 6.45) is 0. The SMILES string of the molecule is CC1CN(c2ccc(S(=O)(=O)Nc3ccccc3)cc2N)CCN1.Cl.Cl.Cl.Nc1cc(S(=O)(=O)Nc2ccccc2)ccc1N1CCNCC1. The van der Waals surface area contributed by atoms with Crippen LogP contribution in [0.15, 0.2) is 107 Å². The van der Waals surface area contributed by atoms with Gasteiger partial charge in [0.1, 0.15) is 0 Å². The first-order valence-electron chi connectivity index (χ1n) is 15.4. The summed E-state index contributed by atoms with van der Waals surface area (Å²) in [5, 5.41) is 6.65. The highest BCUT2D eigenvalue weighted by Crippen LogP contribution is 2.29. The molecule has 4 aromatic carbocycles. The quantitative estimate of drug-likeness (QED) is 0.139. The van der Waals surface area contributed by atoms with Crippen LogP contribution in [-0.4, -0.2) is 68.7 Å². The molecule has 2 heterocycles. The molecule has 2 fully saturated rings. The molecule has 0 saturated carbocycles. The highest BCUT2D eigenvalue weighted by molar-refractivity contribution is 7.93. The Morgan fingerprint density at radius 2 is 1.04 bits per heavy atom. The minimum Gasteiger partial charge on any atom is -0.397 e. The molecule has 50 heavy (non-hydrogen) atoms. The Kier molecular flexibility index (Phi) is 16.3. The van der Waals surface area contributed by atoms with Gasteiger partial charge in [0.2, 0.25) is 0 Å². The van der Waals surface area contributed by atoms with Gasteiger partial charge < -0.3 is 31.9 Å². The molecule has 2 saturated heterocycles. The number of para-hydroxylation sites is 2. The van der Waals surface area contributed by atoms with Crippen molar-refractivity contribution in [1.29, 1.82) is 0 Å². The molecule has 0 amide bonds. The van der Waals surface area contributed by atoms with Gasteiger partial charge >= 0.3 is 0 Å². The second-order valence-electron chi connectivity index (χ2n) is 11.4. The van der Waals surface area contributed by atoms with E-state index in [9.17, 15) is 16.8 Å². The van der Waals surface area contributed by atoms with E-state index in [4.69, 9.17) is 11.5 Å². The maximum absolute atomic E-state index is 12.5. The zero-order chi connectivity index (χ0) is 33.4. The number of nitrogen functional groups attached to an aromatic ring is 2. The Hall–Kier alpha value is -3.63. The monoisotopic (exact) mass is 786 g/mol. The molecule has 2 aliphatic rings. The van der Waals surface area contributed by atoms with Gasteiger partial charge in [-0.1, -0.05) is 36.4 Å². The maximum atomic E-state index is 12.5. The van der Waals surface area contributed by atoms with Gasteiger partial charge in [-0.05, 0) is 67.6 Å². The number of halogens is 3. The number of nitrogens with zero attached hydrogens (tertiary/aromatic N) is 2. The lowest BCUT2D eigenvalue weighted by Gasteiger charge is -2.34. The third-order valence-corrected chi connectivity index (χ3v) is 10.6. The first kappa shape index (κ1) is 42.5. The van der Waals surface area contributed by atoms with Gasteiger partial charge in [0.25, 0.3) is 20.0 Å². The number of sulfonamides is 2. The smallest absolute Gasteiger partial charge is 0.261 e. The molecule has 12 nitrogen and oxygen atoms in total. The van der Waals surface area contributed by atoms with E-state index in [1.54, 1.807) is 72.8 Å². The van der Waals surface area contributed by atoms with E-state index in [1.165, 1.54) is 12.1 Å². The van der Waals surface area contributed by atoms with Crippen LogP contribution in [0.1, 0.15) is 6.92 Å². The second-order valence-corrected chi connectivity index (χ2v) is 14.8. The molecule has 0 spiro atoms. The van der Waals surface area contributed by atoms with Gasteiger partial charge in [0, 0.05) is 63.2 Å². The summed E-state index contributed by atoms with van der Waals surface area (Å²) < 4.78 is 55.0. The van der Waals surface area contributed by atoms with Crippen LogP contribution in [-0.2, 0) is 20.0 Å². The molecule has 8 N–H and O–H groups in total. The minimum absolute atomic E-state index is 0. The Balaban J connectivity index is 0.000000327.